The molecule has 0 heterocycles. The number of aromatic carboxylic acids is 1. The fourth-order valence-electron chi connectivity index (χ4n) is 2.00. The molecule has 0 radical (unpaired) electrons. The smallest absolute Gasteiger partial charge is 0.417 e. The number of benzene rings is 1. The average molecular weight is 320 g/mol. The molecule has 0 fully saturated rings. The van der Waals surface area contributed by atoms with Crippen LogP contribution in [0.25, 0.3) is 0 Å². The maximum atomic E-state index is 13.2. The Morgan fingerprint density at radius 3 is 2.05 bits per heavy atom. The van der Waals surface area contributed by atoms with Gasteiger partial charge in [0.2, 0.25) is 0 Å². The summed E-state index contributed by atoms with van der Waals surface area (Å²) in [4.78, 5) is 11.3. The van der Waals surface area contributed by atoms with Crippen molar-refractivity contribution < 1.29 is 23.1 Å². The van der Waals surface area contributed by atoms with E-state index in [2.05, 4.69) is 0 Å². The first-order valence-electron chi connectivity index (χ1n) is 6.51. The summed E-state index contributed by atoms with van der Waals surface area (Å²) in [6.07, 6.45) is -4.51. The molecular weight excluding hydrogens is 301 g/mol. The van der Waals surface area contributed by atoms with Gasteiger partial charge in [0.25, 0.3) is 0 Å². The minimum atomic E-state index is -4.51. The fourth-order valence-corrected chi connectivity index (χ4v) is 3.36. The van der Waals surface area contributed by atoms with Gasteiger partial charge in [0.05, 0.1) is 11.1 Å². The zero-order valence-corrected chi connectivity index (χ0v) is 13.4. The molecule has 0 aliphatic heterocycles. The van der Waals surface area contributed by atoms with Gasteiger partial charge in [-0.05, 0) is 23.6 Å². The number of hydrogen-bond acceptors (Lipinski definition) is 2. The summed E-state index contributed by atoms with van der Waals surface area (Å²) in [6, 6.07) is 1.91. The van der Waals surface area contributed by atoms with Crippen LogP contribution in [0, 0.1) is 0 Å². The molecule has 6 heteroatoms. The molecule has 1 aromatic carbocycles. The molecule has 21 heavy (non-hydrogen) atoms. The number of carboxylic acid groups (broad SMARTS) is 1. The molecule has 1 rings (SSSR count). The lowest BCUT2D eigenvalue weighted by Gasteiger charge is -2.26. The maximum Gasteiger partial charge on any atom is 0.417 e. The summed E-state index contributed by atoms with van der Waals surface area (Å²) in [5.74, 6) is -1.52. The van der Waals surface area contributed by atoms with Crippen LogP contribution in [0.15, 0.2) is 17.0 Å². The normalized spacial score (nSPS) is 12.8. The average Bonchev–Trinajstić information content (AvgIpc) is 2.23. The van der Waals surface area contributed by atoms with Crippen LogP contribution in [0.2, 0.25) is 0 Å². The van der Waals surface area contributed by atoms with Crippen molar-refractivity contribution in [3.63, 3.8) is 0 Å². The van der Waals surface area contributed by atoms with Crippen molar-refractivity contribution in [1.29, 1.82) is 0 Å². The third-order valence-corrected chi connectivity index (χ3v) is 3.97. The summed E-state index contributed by atoms with van der Waals surface area (Å²) in [5, 5.41) is 9.24. The number of carbonyl (C=O) groups is 1. The van der Waals surface area contributed by atoms with Crippen LogP contribution in [0.1, 0.15) is 62.0 Å². The molecule has 0 bridgehead atoms. The lowest BCUT2D eigenvalue weighted by Crippen LogP contribution is -2.17. The van der Waals surface area contributed by atoms with E-state index in [1.165, 1.54) is 0 Å². The van der Waals surface area contributed by atoms with Crippen molar-refractivity contribution >= 4 is 17.7 Å². The van der Waals surface area contributed by atoms with E-state index in [0.717, 1.165) is 23.9 Å². The molecule has 0 aromatic heterocycles. The van der Waals surface area contributed by atoms with Gasteiger partial charge in [-0.15, -0.1) is 11.8 Å². The molecule has 0 aliphatic carbocycles. The number of alkyl halides is 3. The minimum Gasteiger partial charge on any atom is -0.478 e. The van der Waals surface area contributed by atoms with Crippen LogP contribution in [0.4, 0.5) is 13.2 Å². The second kappa shape index (κ2) is 5.91. The van der Waals surface area contributed by atoms with Crippen molar-refractivity contribution in [3.8, 4) is 0 Å². The van der Waals surface area contributed by atoms with Gasteiger partial charge in [0, 0.05) is 9.64 Å². The van der Waals surface area contributed by atoms with Crippen molar-refractivity contribution in [2.75, 3.05) is 0 Å². The fraction of sp³-hybridized carbons (Fsp3) is 0.533. The quantitative estimate of drug-likeness (QED) is 0.756. The number of halogens is 3. The molecular formula is C15H19F3O2S. The van der Waals surface area contributed by atoms with Crippen LogP contribution in [-0.4, -0.2) is 15.8 Å². The van der Waals surface area contributed by atoms with Crippen LogP contribution < -0.4 is 0 Å². The van der Waals surface area contributed by atoms with E-state index in [1.54, 1.807) is 34.6 Å². The Morgan fingerprint density at radius 1 is 1.19 bits per heavy atom. The summed E-state index contributed by atoms with van der Waals surface area (Å²) >= 11 is 1.06. The summed E-state index contributed by atoms with van der Waals surface area (Å²) < 4.78 is 39.3. The van der Waals surface area contributed by atoms with Gasteiger partial charge in [-0.25, -0.2) is 4.79 Å². The molecule has 1 aromatic rings. The van der Waals surface area contributed by atoms with Gasteiger partial charge in [-0.3, -0.25) is 0 Å². The van der Waals surface area contributed by atoms with Crippen molar-refractivity contribution in [3.05, 3.63) is 28.8 Å². The largest absolute Gasteiger partial charge is 0.478 e. The van der Waals surface area contributed by atoms with E-state index in [1.807, 2.05) is 0 Å². The predicted molar refractivity (Wildman–Crippen MR) is 78.1 cm³/mol. The number of hydrogen-bond donors (Lipinski definition) is 1. The van der Waals surface area contributed by atoms with Crippen LogP contribution in [0.5, 0.6) is 0 Å². The Hall–Kier alpha value is -1.17. The topological polar surface area (TPSA) is 37.3 Å². The highest BCUT2D eigenvalue weighted by atomic mass is 32.2. The van der Waals surface area contributed by atoms with Crippen molar-refractivity contribution in [2.45, 2.75) is 56.4 Å². The first-order valence-corrected chi connectivity index (χ1v) is 7.32. The Kier molecular flexibility index (Phi) is 5.03. The van der Waals surface area contributed by atoms with E-state index in [0.29, 0.717) is 0 Å². The Bertz CT molecular complexity index is 543. The highest BCUT2D eigenvalue weighted by Gasteiger charge is 2.37. The first-order chi connectivity index (χ1) is 9.34. The lowest BCUT2D eigenvalue weighted by atomic mass is 9.94. The SMILES string of the molecule is CC(C)c1c(C(=O)O)ccc(C(F)(F)F)c1SC(C)(C)C. The van der Waals surface area contributed by atoms with Crippen LogP contribution in [0.3, 0.4) is 0 Å². The molecule has 118 valence electrons. The van der Waals surface area contributed by atoms with Gasteiger partial charge < -0.3 is 5.11 Å². The lowest BCUT2D eigenvalue weighted by molar-refractivity contribution is -0.139. The van der Waals surface area contributed by atoms with Gasteiger partial charge in [-0.1, -0.05) is 34.6 Å². The molecule has 1 N–H and O–H groups in total. The number of rotatable bonds is 3. The highest BCUT2D eigenvalue weighted by Crippen LogP contribution is 2.45. The summed E-state index contributed by atoms with van der Waals surface area (Å²) in [7, 11) is 0. The van der Waals surface area contributed by atoms with E-state index in [-0.39, 0.29) is 21.9 Å². The van der Waals surface area contributed by atoms with E-state index in [9.17, 15) is 23.1 Å². The van der Waals surface area contributed by atoms with Crippen LogP contribution in [-0.2, 0) is 6.18 Å². The number of carboxylic acids is 1. The molecule has 0 saturated heterocycles. The van der Waals surface area contributed by atoms with Gasteiger partial charge in [0.1, 0.15) is 0 Å². The van der Waals surface area contributed by atoms with Crippen molar-refractivity contribution in [1.82, 2.24) is 0 Å². The Labute approximate surface area is 126 Å². The molecule has 0 saturated carbocycles. The van der Waals surface area contributed by atoms with Crippen molar-refractivity contribution in [2.24, 2.45) is 0 Å². The Morgan fingerprint density at radius 2 is 1.71 bits per heavy atom. The second-order valence-corrected chi connectivity index (χ2v) is 7.91. The predicted octanol–water partition coefficient (Wildman–Crippen LogP) is 5.42. The standard InChI is InChI=1S/C15H19F3O2S/c1-8(2)11-9(13(19)20)6-7-10(15(16,17)18)12(11)21-14(3,4)5/h6-8H,1-5H3,(H,19,20). The molecule has 0 spiro atoms. The molecule has 0 amide bonds. The zero-order valence-electron chi connectivity index (χ0n) is 12.6. The minimum absolute atomic E-state index is 0.0184. The molecule has 0 aliphatic rings. The molecule has 0 atom stereocenters. The van der Waals surface area contributed by atoms with Gasteiger partial charge in [-0.2, -0.15) is 13.2 Å². The maximum absolute atomic E-state index is 13.2. The molecule has 0 unspecified atom stereocenters. The third kappa shape index (κ3) is 4.40. The zero-order chi connectivity index (χ0) is 16.6. The Balaban J connectivity index is 3.71. The summed E-state index contributed by atoms with van der Waals surface area (Å²) in [6.45, 7) is 8.81. The van der Waals surface area contributed by atoms with Crippen LogP contribution >= 0.6 is 11.8 Å². The number of thioether (sulfide) groups is 1. The van der Waals surface area contributed by atoms with E-state index in [4.69, 9.17) is 0 Å². The molecule has 2 nitrogen and oxygen atoms in total. The van der Waals surface area contributed by atoms with Gasteiger partial charge in [0.15, 0.2) is 0 Å². The second-order valence-electron chi connectivity index (χ2n) is 6.08. The van der Waals surface area contributed by atoms with E-state index < -0.39 is 22.5 Å². The third-order valence-electron chi connectivity index (χ3n) is 2.72. The monoisotopic (exact) mass is 320 g/mol. The van der Waals surface area contributed by atoms with E-state index >= 15 is 0 Å². The highest BCUT2D eigenvalue weighted by molar-refractivity contribution is 8.00. The first kappa shape index (κ1) is 17.9. The van der Waals surface area contributed by atoms with Gasteiger partial charge >= 0.3 is 12.1 Å². The summed E-state index contributed by atoms with van der Waals surface area (Å²) in [5.41, 5.74) is -0.585.